The van der Waals surface area contributed by atoms with Gasteiger partial charge in [-0.05, 0) is 18.1 Å². The number of aromatic nitrogens is 2. The summed E-state index contributed by atoms with van der Waals surface area (Å²) in [4.78, 5) is 17.9. The quantitative estimate of drug-likeness (QED) is 0.844. The summed E-state index contributed by atoms with van der Waals surface area (Å²) in [6, 6.07) is 3.95. The van der Waals surface area contributed by atoms with Gasteiger partial charge in [-0.25, -0.2) is 4.98 Å². The van der Waals surface area contributed by atoms with Crippen LogP contribution in [0.2, 0.25) is 0 Å². The zero-order valence-electron chi connectivity index (χ0n) is 11.0. The van der Waals surface area contributed by atoms with Crippen molar-refractivity contribution < 1.29 is 9.46 Å². The van der Waals surface area contributed by atoms with Gasteiger partial charge < -0.3 is 4.89 Å². The number of hydrogen-bond donors (Lipinski definition) is 2. The lowest BCUT2D eigenvalue weighted by atomic mass is 10.1. The monoisotopic (exact) mass is 297 g/mol. The third kappa shape index (κ3) is 3.86. The maximum Gasteiger partial charge on any atom is 0.289 e. The fourth-order valence-corrected chi connectivity index (χ4v) is 2.91. The van der Waals surface area contributed by atoms with Gasteiger partial charge >= 0.3 is 0 Å². The van der Waals surface area contributed by atoms with Crippen molar-refractivity contribution in [3.8, 4) is 10.6 Å². The standard InChI is InChI=1S/C12H16N3O2PS/c1-8(2)10-5-4-9(6-13-10)12-14-11(7-19-12)15-18(3,16)17/h4-8H,1-3H3,(H2,15,16,17). The highest BCUT2D eigenvalue weighted by Gasteiger charge is 2.12. The Bertz CT molecular complexity index is 604. The molecule has 7 heteroatoms. The highest BCUT2D eigenvalue weighted by molar-refractivity contribution is 7.58. The summed E-state index contributed by atoms with van der Waals surface area (Å²) in [5, 5.41) is 4.99. The molecule has 1 unspecified atom stereocenters. The molecule has 5 nitrogen and oxygen atoms in total. The van der Waals surface area contributed by atoms with Crippen molar-refractivity contribution in [2.75, 3.05) is 11.8 Å². The summed E-state index contributed by atoms with van der Waals surface area (Å²) >= 11 is 1.41. The first-order chi connectivity index (χ1) is 8.85. The van der Waals surface area contributed by atoms with Crippen LogP contribution >= 0.6 is 18.9 Å². The van der Waals surface area contributed by atoms with Crippen LogP contribution in [0, 0.1) is 0 Å². The van der Waals surface area contributed by atoms with Crippen LogP contribution in [-0.4, -0.2) is 21.5 Å². The van der Waals surface area contributed by atoms with E-state index in [0.717, 1.165) is 16.3 Å². The average Bonchev–Trinajstić information content (AvgIpc) is 2.75. The highest BCUT2D eigenvalue weighted by atomic mass is 32.1. The van der Waals surface area contributed by atoms with Gasteiger partial charge in [0.2, 0.25) is 0 Å². The number of pyridine rings is 1. The van der Waals surface area contributed by atoms with Gasteiger partial charge in [0.25, 0.3) is 7.52 Å². The third-order valence-corrected chi connectivity index (χ3v) is 3.99. The molecule has 0 aliphatic carbocycles. The summed E-state index contributed by atoms with van der Waals surface area (Å²) in [5.74, 6) is 0.809. The number of anilines is 1. The van der Waals surface area contributed by atoms with Crippen molar-refractivity contribution >= 4 is 24.7 Å². The summed E-state index contributed by atoms with van der Waals surface area (Å²) in [5.41, 5.74) is 1.94. The van der Waals surface area contributed by atoms with E-state index < -0.39 is 7.52 Å². The summed E-state index contributed by atoms with van der Waals surface area (Å²) in [6.07, 6.45) is 1.78. The second-order valence-corrected chi connectivity index (χ2v) is 7.50. The minimum absolute atomic E-state index is 0.392. The molecule has 0 aliphatic heterocycles. The molecule has 19 heavy (non-hydrogen) atoms. The molecule has 0 aromatic carbocycles. The van der Waals surface area contributed by atoms with Crippen molar-refractivity contribution in [1.29, 1.82) is 0 Å². The molecule has 102 valence electrons. The molecule has 0 amide bonds. The molecule has 0 saturated heterocycles. The summed E-state index contributed by atoms with van der Waals surface area (Å²) < 4.78 is 11.2. The second-order valence-electron chi connectivity index (χ2n) is 4.66. The van der Waals surface area contributed by atoms with Crippen molar-refractivity contribution in [2.45, 2.75) is 19.8 Å². The van der Waals surface area contributed by atoms with Crippen molar-refractivity contribution in [3.63, 3.8) is 0 Å². The molecule has 2 heterocycles. The van der Waals surface area contributed by atoms with Crippen LogP contribution in [0.25, 0.3) is 10.6 Å². The van der Waals surface area contributed by atoms with Gasteiger partial charge in [0, 0.05) is 29.5 Å². The third-order valence-electron chi connectivity index (χ3n) is 2.45. The molecule has 0 radical (unpaired) electrons. The Morgan fingerprint density at radius 2 is 2.16 bits per heavy atom. The van der Waals surface area contributed by atoms with E-state index >= 15 is 0 Å². The zero-order chi connectivity index (χ0) is 14.0. The van der Waals surface area contributed by atoms with Gasteiger partial charge in [0.05, 0.1) is 0 Å². The van der Waals surface area contributed by atoms with Crippen molar-refractivity contribution in [2.24, 2.45) is 0 Å². The van der Waals surface area contributed by atoms with Crippen LogP contribution in [0.4, 0.5) is 5.82 Å². The Labute approximate surface area is 116 Å². The zero-order valence-corrected chi connectivity index (χ0v) is 12.7. The molecule has 0 fully saturated rings. The van der Waals surface area contributed by atoms with Crippen molar-refractivity contribution in [1.82, 2.24) is 9.97 Å². The number of nitrogens with zero attached hydrogens (tertiary/aromatic N) is 2. The Morgan fingerprint density at radius 1 is 1.42 bits per heavy atom. The highest BCUT2D eigenvalue weighted by Crippen LogP contribution is 2.37. The molecule has 2 rings (SSSR count). The van der Waals surface area contributed by atoms with Gasteiger partial charge in [-0.15, -0.1) is 11.3 Å². The predicted molar refractivity (Wildman–Crippen MR) is 78.8 cm³/mol. The number of thiazole rings is 1. The van der Waals surface area contributed by atoms with E-state index in [1.54, 1.807) is 11.6 Å². The smallest absolute Gasteiger partial charge is 0.289 e. The molecular formula is C12H16N3O2PS. The van der Waals surface area contributed by atoms with E-state index in [2.05, 4.69) is 28.9 Å². The SMILES string of the molecule is CC(C)c1ccc(-c2nc(NP(C)(=O)O)cs2)cn1. The molecule has 1 atom stereocenters. The molecule has 2 aromatic rings. The molecule has 0 aliphatic rings. The number of nitrogens with one attached hydrogen (secondary N) is 1. The Kier molecular flexibility index (Phi) is 4.04. The van der Waals surface area contributed by atoms with Crippen LogP contribution in [0.3, 0.4) is 0 Å². The minimum atomic E-state index is -3.31. The average molecular weight is 297 g/mol. The largest absolute Gasteiger partial charge is 0.329 e. The Hall–Kier alpha value is -1.23. The molecule has 0 saturated carbocycles. The molecule has 0 bridgehead atoms. The molecule has 2 aromatic heterocycles. The minimum Gasteiger partial charge on any atom is -0.329 e. The molecule has 2 N–H and O–H groups in total. The molecular weight excluding hydrogens is 281 g/mol. The number of rotatable bonds is 4. The maximum atomic E-state index is 11.2. The fraction of sp³-hybridized carbons (Fsp3) is 0.333. The first-order valence-electron chi connectivity index (χ1n) is 5.85. The van der Waals surface area contributed by atoms with E-state index in [1.807, 2.05) is 12.1 Å². The maximum absolute atomic E-state index is 11.2. The van der Waals surface area contributed by atoms with E-state index in [0.29, 0.717) is 11.7 Å². The first-order valence-corrected chi connectivity index (χ1v) is 8.84. The van der Waals surface area contributed by atoms with Crippen LogP contribution in [0.1, 0.15) is 25.5 Å². The fourth-order valence-electron chi connectivity index (χ4n) is 1.54. The van der Waals surface area contributed by atoms with Crippen LogP contribution in [-0.2, 0) is 4.57 Å². The van der Waals surface area contributed by atoms with Crippen LogP contribution in [0.5, 0.6) is 0 Å². The van der Waals surface area contributed by atoms with E-state index in [4.69, 9.17) is 0 Å². The number of hydrogen-bond acceptors (Lipinski definition) is 4. The van der Waals surface area contributed by atoms with E-state index in [9.17, 15) is 9.46 Å². The van der Waals surface area contributed by atoms with Gasteiger partial charge in [-0.2, -0.15) is 0 Å². The van der Waals surface area contributed by atoms with Crippen LogP contribution in [0.15, 0.2) is 23.7 Å². The Balaban J connectivity index is 2.20. The topological polar surface area (TPSA) is 75.1 Å². The lowest BCUT2D eigenvalue weighted by Crippen LogP contribution is -1.94. The van der Waals surface area contributed by atoms with E-state index in [-0.39, 0.29) is 0 Å². The molecule has 0 spiro atoms. The normalized spacial score (nSPS) is 14.4. The second kappa shape index (κ2) is 5.41. The predicted octanol–water partition coefficient (Wildman–Crippen LogP) is 3.56. The Morgan fingerprint density at radius 3 is 2.68 bits per heavy atom. The van der Waals surface area contributed by atoms with Gasteiger partial charge in [-0.3, -0.25) is 14.6 Å². The lowest BCUT2D eigenvalue weighted by molar-refractivity contribution is 0.491. The van der Waals surface area contributed by atoms with Gasteiger partial charge in [0.1, 0.15) is 10.8 Å². The summed E-state index contributed by atoms with van der Waals surface area (Å²) in [6.45, 7) is 5.42. The van der Waals surface area contributed by atoms with Gasteiger partial charge in [0.15, 0.2) is 0 Å². The summed E-state index contributed by atoms with van der Waals surface area (Å²) in [7, 11) is -3.31. The van der Waals surface area contributed by atoms with E-state index in [1.165, 1.54) is 18.0 Å². The lowest BCUT2D eigenvalue weighted by Gasteiger charge is -2.05. The van der Waals surface area contributed by atoms with Gasteiger partial charge in [-0.1, -0.05) is 13.8 Å². The van der Waals surface area contributed by atoms with Crippen LogP contribution < -0.4 is 5.09 Å². The first kappa shape index (κ1) is 14.2. The van der Waals surface area contributed by atoms with Crippen molar-refractivity contribution in [3.05, 3.63) is 29.4 Å².